The first-order valence-corrected chi connectivity index (χ1v) is 6.21. The predicted octanol–water partition coefficient (Wildman–Crippen LogP) is 0.546. The van der Waals surface area contributed by atoms with Crippen molar-refractivity contribution in [3.63, 3.8) is 0 Å². The van der Waals surface area contributed by atoms with E-state index in [0.29, 0.717) is 13.1 Å². The fourth-order valence-corrected chi connectivity index (χ4v) is 2.12. The third kappa shape index (κ3) is 3.05. The number of hydrogen-bond acceptors (Lipinski definition) is 4. The molecule has 0 aromatic carbocycles. The summed E-state index contributed by atoms with van der Waals surface area (Å²) in [4.78, 5) is 18.0. The molecule has 0 bridgehead atoms. The minimum Gasteiger partial charge on any atom is -0.364 e. The number of amides is 1. The van der Waals surface area contributed by atoms with Crippen molar-refractivity contribution in [2.45, 2.75) is 31.6 Å². The quantitative estimate of drug-likeness (QED) is 0.846. The number of ether oxygens (including phenoxy) is 1. The fourth-order valence-electron chi connectivity index (χ4n) is 2.12. The maximum atomic E-state index is 12.1. The van der Waals surface area contributed by atoms with Crippen molar-refractivity contribution in [3.8, 4) is 0 Å². The van der Waals surface area contributed by atoms with E-state index in [1.807, 2.05) is 18.2 Å². The second kappa shape index (κ2) is 5.93. The van der Waals surface area contributed by atoms with E-state index in [1.54, 1.807) is 18.1 Å². The Morgan fingerprint density at radius 2 is 2.39 bits per heavy atom. The summed E-state index contributed by atoms with van der Waals surface area (Å²) in [7, 11) is 1.77. The van der Waals surface area contributed by atoms with Crippen LogP contribution in [0, 0.1) is 0 Å². The molecule has 2 unspecified atom stereocenters. The van der Waals surface area contributed by atoms with Crippen molar-refractivity contribution in [1.29, 1.82) is 0 Å². The van der Waals surface area contributed by atoms with Crippen LogP contribution in [0.3, 0.4) is 0 Å². The maximum Gasteiger partial charge on any atom is 0.251 e. The van der Waals surface area contributed by atoms with Gasteiger partial charge in [-0.1, -0.05) is 6.07 Å². The third-order valence-corrected chi connectivity index (χ3v) is 3.15. The maximum absolute atomic E-state index is 12.1. The molecule has 0 radical (unpaired) electrons. The lowest BCUT2D eigenvalue weighted by Crippen LogP contribution is -2.36. The van der Waals surface area contributed by atoms with E-state index in [-0.39, 0.29) is 18.1 Å². The predicted molar refractivity (Wildman–Crippen MR) is 67.7 cm³/mol. The van der Waals surface area contributed by atoms with Crippen molar-refractivity contribution in [1.82, 2.24) is 9.88 Å². The van der Waals surface area contributed by atoms with Gasteiger partial charge in [-0.25, -0.2) is 0 Å². The number of carbonyl (C=O) groups excluding carboxylic acids is 1. The third-order valence-electron chi connectivity index (χ3n) is 3.15. The molecule has 1 aromatic heterocycles. The van der Waals surface area contributed by atoms with Crippen molar-refractivity contribution >= 4 is 5.91 Å². The van der Waals surface area contributed by atoms with Gasteiger partial charge in [-0.3, -0.25) is 9.78 Å². The van der Waals surface area contributed by atoms with E-state index >= 15 is 0 Å². The smallest absolute Gasteiger partial charge is 0.251 e. The molecule has 98 valence electrons. The number of rotatable bonds is 4. The first-order chi connectivity index (χ1) is 8.70. The van der Waals surface area contributed by atoms with Crippen LogP contribution in [0.25, 0.3) is 0 Å². The Balaban J connectivity index is 1.89. The summed E-state index contributed by atoms with van der Waals surface area (Å²) < 4.78 is 5.59. The van der Waals surface area contributed by atoms with E-state index in [1.165, 1.54) is 0 Å². The summed E-state index contributed by atoms with van der Waals surface area (Å²) in [5.74, 6) is 0.0107. The number of likely N-dealkylation sites (N-methyl/N-ethyl adjacent to an activating group) is 1. The van der Waals surface area contributed by atoms with Gasteiger partial charge in [0, 0.05) is 19.8 Å². The highest BCUT2D eigenvalue weighted by Gasteiger charge is 2.31. The van der Waals surface area contributed by atoms with Crippen LogP contribution >= 0.6 is 0 Å². The van der Waals surface area contributed by atoms with Crippen LogP contribution in [0.15, 0.2) is 24.4 Å². The normalized spacial score (nSPS) is 23.0. The monoisotopic (exact) mass is 249 g/mol. The topological polar surface area (TPSA) is 68.5 Å². The minimum absolute atomic E-state index is 0.0107. The summed E-state index contributed by atoms with van der Waals surface area (Å²) >= 11 is 0. The van der Waals surface area contributed by atoms with Gasteiger partial charge in [0.25, 0.3) is 5.91 Å². The lowest BCUT2D eigenvalue weighted by atomic mass is 10.2. The minimum atomic E-state index is -0.340. The van der Waals surface area contributed by atoms with Gasteiger partial charge in [-0.2, -0.15) is 0 Å². The van der Waals surface area contributed by atoms with E-state index < -0.39 is 0 Å². The van der Waals surface area contributed by atoms with Crippen LogP contribution in [0.4, 0.5) is 0 Å². The van der Waals surface area contributed by atoms with Crippen LogP contribution in [0.5, 0.6) is 0 Å². The Labute approximate surface area is 107 Å². The Kier molecular flexibility index (Phi) is 4.28. The fraction of sp³-hybridized carbons (Fsp3) is 0.538. The molecule has 1 amide bonds. The van der Waals surface area contributed by atoms with Crippen molar-refractivity contribution in [3.05, 3.63) is 30.1 Å². The molecule has 5 heteroatoms. The molecule has 1 aliphatic heterocycles. The summed E-state index contributed by atoms with van der Waals surface area (Å²) in [6.45, 7) is 0.987. The zero-order valence-corrected chi connectivity index (χ0v) is 10.6. The molecule has 0 saturated carbocycles. The van der Waals surface area contributed by atoms with Crippen LogP contribution in [-0.4, -0.2) is 41.6 Å². The Morgan fingerprint density at radius 1 is 1.56 bits per heavy atom. The van der Waals surface area contributed by atoms with E-state index in [2.05, 4.69) is 4.98 Å². The highest BCUT2D eigenvalue weighted by Crippen LogP contribution is 2.20. The molecule has 2 rings (SSSR count). The van der Waals surface area contributed by atoms with Gasteiger partial charge in [0.1, 0.15) is 6.10 Å². The van der Waals surface area contributed by atoms with E-state index in [9.17, 15) is 4.79 Å². The Hall–Kier alpha value is -1.46. The van der Waals surface area contributed by atoms with Crippen LogP contribution in [-0.2, 0) is 16.1 Å². The SMILES string of the molecule is CN(Cc1ccccn1)C(=O)C1CCC(CN)O1. The number of nitrogens with zero attached hydrogens (tertiary/aromatic N) is 2. The van der Waals surface area contributed by atoms with Crippen molar-refractivity contribution in [2.75, 3.05) is 13.6 Å². The second-order valence-electron chi connectivity index (χ2n) is 4.58. The zero-order valence-electron chi connectivity index (χ0n) is 10.6. The number of nitrogens with two attached hydrogens (primary N) is 1. The lowest BCUT2D eigenvalue weighted by Gasteiger charge is -2.20. The average molecular weight is 249 g/mol. The number of pyridine rings is 1. The average Bonchev–Trinajstić information content (AvgIpc) is 2.87. The summed E-state index contributed by atoms with van der Waals surface area (Å²) in [6.07, 6.45) is 3.04. The van der Waals surface area contributed by atoms with Gasteiger partial charge in [0.15, 0.2) is 0 Å². The van der Waals surface area contributed by atoms with Gasteiger partial charge in [-0.15, -0.1) is 0 Å². The summed E-state index contributed by atoms with van der Waals surface area (Å²) in [5.41, 5.74) is 6.41. The molecule has 1 fully saturated rings. The van der Waals surface area contributed by atoms with Crippen LogP contribution in [0.2, 0.25) is 0 Å². The van der Waals surface area contributed by atoms with Gasteiger partial charge >= 0.3 is 0 Å². The summed E-state index contributed by atoms with van der Waals surface area (Å²) in [6, 6.07) is 5.68. The molecule has 1 aliphatic rings. The molecule has 2 atom stereocenters. The van der Waals surface area contributed by atoms with E-state index in [0.717, 1.165) is 18.5 Å². The molecular weight excluding hydrogens is 230 g/mol. The molecule has 18 heavy (non-hydrogen) atoms. The number of aromatic nitrogens is 1. The molecule has 1 aromatic rings. The van der Waals surface area contributed by atoms with Crippen molar-refractivity contribution < 1.29 is 9.53 Å². The van der Waals surface area contributed by atoms with Crippen LogP contribution in [0.1, 0.15) is 18.5 Å². The number of carbonyl (C=O) groups is 1. The zero-order chi connectivity index (χ0) is 13.0. The molecule has 0 spiro atoms. The standard InChI is InChI=1S/C13H19N3O2/c1-16(9-10-4-2-3-7-15-10)13(17)12-6-5-11(8-14)18-12/h2-4,7,11-12H,5-6,8-9,14H2,1H3. The highest BCUT2D eigenvalue weighted by molar-refractivity contribution is 5.80. The van der Waals surface area contributed by atoms with Crippen molar-refractivity contribution in [2.24, 2.45) is 5.73 Å². The van der Waals surface area contributed by atoms with Gasteiger partial charge in [0.05, 0.1) is 18.3 Å². The molecular formula is C13H19N3O2. The molecule has 2 heterocycles. The molecule has 0 aliphatic carbocycles. The highest BCUT2D eigenvalue weighted by atomic mass is 16.5. The van der Waals surface area contributed by atoms with Gasteiger partial charge in [0.2, 0.25) is 0 Å². The Morgan fingerprint density at radius 3 is 3.00 bits per heavy atom. The van der Waals surface area contributed by atoms with E-state index in [4.69, 9.17) is 10.5 Å². The van der Waals surface area contributed by atoms with Gasteiger partial charge < -0.3 is 15.4 Å². The Bertz CT molecular complexity index is 396. The number of hydrogen-bond donors (Lipinski definition) is 1. The summed E-state index contributed by atoms with van der Waals surface area (Å²) in [5, 5.41) is 0. The first kappa shape index (κ1) is 13.0. The molecule has 1 saturated heterocycles. The lowest BCUT2D eigenvalue weighted by molar-refractivity contribution is -0.142. The molecule has 2 N–H and O–H groups in total. The largest absolute Gasteiger partial charge is 0.364 e. The second-order valence-corrected chi connectivity index (χ2v) is 4.58. The van der Waals surface area contributed by atoms with Gasteiger partial charge in [-0.05, 0) is 25.0 Å². The first-order valence-electron chi connectivity index (χ1n) is 6.21. The van der Waals surface area contributed by atoms with Crippen LogP contribution < -0.4 is 5.73 Å². The molecule has 5 nitrogen and oxygen atoms in total.